The molecular formula is C27H26ClN9O5. The van der Waals surface area contributed by atoms with Gasteiger partial charge in [-0.25, -0.2) is 9.78 Å². The lowest BCUT2D eigenvalue weighted by atomic mass is 10.0. The molecule has 2 aromatic heterocycles. The number of rotatable bonds is 5. The van der Waals surface area contributed by atoms with E-state index in [0.717, 1.165) is 0 Å². The SMILES string of the molecule is COC(=O)Nc1ccc2c(c1)NC(=O)CC(O)CCC(NC(=O)/C=C/c1cc(Cl)ccc1-n1cnnn1)c1ncc-2[nH]1. The van der Waals surface area contributed by atoms with Crippen molar-refractivity contribution in [2.45, 2.75) is 31.4 Å². The molecule has 0 radical (unpaired) electrons. The maximum absolute atomic E-state index is 13.1. The van der Waals surface area contributed by atoms with E-state index in [1.54, 1.807) is 48.7 Å². The number of aromatic nitrogens is 6. The fourth-order valence-corrected chi connectivity index (χ4v) is 4.64. The van der Waals surface area contributed by atoms with E-state index >= 15 is 0 Å². The van der Waals surface area contributed by atoms with Gasteiger partial charge in [0.2, 0.25) is 11.8 Å². The average Bonchev–Trinajstić information content (AvgIpc) is 3.67. The number of imidazole rings is 1. The zero-order chi connectivity index (χ0) is 29.6. The zero-order valence-corrected chi connectivity index (χ0v) is 23.0. The van der Waals surface area contributed by atoms with Crippen molar-refractivity contribution in [1.82, 2.24) is 35.5 Å². The fraction of sp³-hybridized carbons (Fsp3) is 0.222. The fourth-order valence-electron chi connectivity index (χ4n) is 4.46. The molecule has 0 saturated heterocycles. The van der Waals surface area contributed by atoms with Crippen LogP contribution in [-0.2, 0) is 14.3 Å². The van der Waals surface area contributed by atoms with Crippen molar-refractivity contribution < 1.29 is 24.2 Å². The molecule has 14 nitrogen and oxygen atoms in total. The van der Waals surface area contributed by atoms with E-state index in [2.05, 4.69) is 46.2 Å². The Hall–Kier alpha value is -5.08. The molecule has 3 heterocycles. The number of ether oxygens (including phenoxy) is 1. The predicted octanol–water partition coefficient (Wildman–Crippen LogP) is 3.24. The number of methoxy groups -OCH3 is 1. The van der Waals surface area contributed by atoms with Crippen molar-refractivity contribution >= 4 is 47.0 Å². The number of halogens is 1. The Labute approximate surface area is 244 Å². The van der Waals surface area contributed by atoms with E-state index in [4.69, 9.17) is 11.6 Å². The standard InChI is InChI=1S/C27H26ClN9O5/c1-42-27(41)31-17-4-6-19-21(11-17)33-25(40)12-18(38)5-7-20(26-29-13-22(19)34-26)32-24(39)9-2-15-10-16(28)3-8-23(15)37-14-30-35-36-37/h2-4,6,8-11,13-14,18,20,38H,5,7,12H2,1H3,(H,29,34)(H,31,41)(H,32,39)(H,33,40)/b9-2+. The number of hydrogen-bond acceptors (Lipinski definition) is 9. The topological polar surface area (TPSA) is 189 Å². The molecule has 2 bridgehead atoms. The van der Waals surface area contributed by atoms with Crippen molar-refractivity contribution in [3.05, 3.63) is 71.4 Å². The number of tetrazole rings is 1. The lowest BCUT2D eigenvalue weighted by molar-refractivity contribution is -0.119. The van der Waals surface area contributed by atoms with Gasteiger partial charge >= 0.3 is 6.09 Å². The predicted molar refractivity (Wildman–Crippen MR) is 153 cm³/mol. The molecule has 1 aliphatic rings. The Morgan fingerprint density at radius 3 is 2.86 bits per heavy atom. The van der Waals surface area contributed by atoms with Gasteiger partial charge in [0.05, 0.1) is 48.9 Å². The third kappa shape index (κ3) is 6.79. The van der Waals surface area contributed by atoms with Gasteiger partial charge in [-0.05, 0) is 65.7 Å². The van der Waals surface area contributed by atoms with Crippen molar-refractivity contribution in [2.24, 2.45) is 0 Å². The Kier molecular flexibility index (Phi) is 8.55. The monoisotopic (exact) mass is 591 g/mol. The first-order valence-corrected chi connectivity index (χ1v) is 13.2. The van der Waals surface area contributed by atoms with Crippen LogP contribution in [0.5, 0.6) is 0 Å². The molecule has 0 saturated carbocycles. The van der Waals surface area contributed by atoms with Gasteiger partial charge in [-0.2, -0.15) is 4.68 Å². The zero-order valence-electron chi connectivity index (χ0n) is 22.2. The average molecular weight is 592 g/mol. The van der Waals surface area contributed by atoms with E-state index in [0.29, 0.717) is 51.2 Å². The number of aromatic amines is 1. The van der Waals surface area contributed by atoms with Crippen LogP contribution >= 0.6 is 11.6 Å². The molecule has 2 aromatic carbocycles. The molecule has 0 fully saturated rings. The van der Waals surface area contributed by atoms with E-state index in [-0.39, 0.29) is 12.8 Å². The summed E-state index contributed by atoms with van der Waals surface area (Å²) in [7, 11) is 1.24. The van der Waals surface area contributed by atoms with Crippen LogP contribution in [0, 0.1) is 0 Å². The molecule has 0 aliphatic carbocycles. The summed E-state index contributed by atoms with van der Waals surface area (Å²) in [5.41, 5.74) is 3.19. The largest absolute Gasteiger partial charge is 0.453 e. The Morgan fingerprint density at radius 1 is 1.21 bits per heavy atom. The maximum Gasteiger partial charge on any atom is 0.411 e. The van der Waals surface area contributed by atoms with Crippen molar-refractivity contribution in [3.63, 3.8) is 0 Å². The first kappa shape index (κ1) is 28.4. The normalized spacial score (nSPS) is 17.0. The third-order valence-electron chi connectivity index (χ3n) is 6.47. The Morgan fingerprint density at radius 2 is 2.07 bits per heavy atom. The van der Waals surface area contributed by atoms with Crippen LogP contribution in [0.4, 0.5) is 16.2 Å². The number of nitrogens with one attached hydrogen (secondary N) is 4. The summed E-state index contributed by atoms with van der Waals surface area (Å²) in [6.45, 7) is 0. The summed E-state index contributed by atoms with van der Waals surface area (Å²) in [6, 6.07) is 9.42. The second-order valence-electron chi connectivity index (χ2n) is 9.39. The highest BCUT2D eigenvalue weighted by molar-refractivity contribution is 6.30. The minimum Gasteiger partial charge on any atom is -0.453 e. The molecule has 1 aliphatic heterocycles. The van der Waals surface area contributed by atoms with Crippen molar-refractivity contribution in [2.75, 3.05) is 17.7 Å². The van der Waals surface area contributed by atoms with Crippen LogP contribution in [-0.4, -0.2) is 66.4 Å². The van der Waals surface area contributed by atoms with Crippen LogP contribution in [0.15, 0.2) is 55.0 Å². The number of fused-ring (bicyclic) bond motifs is 4. The van der Waals surface area contributed by atoms with Crippen molar-refractivity contribution in [3.8, 4) is 16.9 Å². The summed E-state index contributed by atoms with van der Waals surface area (Å²) in [5, 5.41) is 30.5. The molecule has 0 spiro atoms. The van der Waals surface area contributed by atoms with E-state index < -0.39 is 30.1 Å². The summed E-state index contributed by atoms with van der Waals surface area (Å²) >= 11 is 6.18. The number of H-pyrrole nitrogens is 1. The number of benzene rings is 2. The van der Waals surface area contributed by atoms with Gasteiger partial charge < -0.3 is 25.5 Å². The Balaban J connectivity index is 1.41. The smallest absolute Gasteiger partial charge is 0.411 e. The number of nitrogens with zero attached hydrogens (tertiary/aromatic N) is 5. The Bertz CT molecular complexity index is 1640. The highest BCUT2D eigenvalue weighted by atomic mass is 35.5. The number of aliphatic hydroxyl groups excluding tert-OH is 1. The van der Waals surface area contributed by atoms with Crippen LogP contribution < -0.4 is 16.0 Å². The first-order chi connectivity index (χ1) is 20.3. The second-order valence-corrected chi connectivity index (χ2v) is 9.83. The molecule has 2 atom stereocenters. The van der Waals surface area contributed by atoms with Gasteiger partial charge in [0.25, 0.3) is 0 Å². The van der Waals surface area contributed by atoms with E-state index in [1.165, 1.54) is 24.2 Å². The third-order valence-corrected chi connectivity index (χ3v) is 6.70. The summed E-state index contributed by atoms with van der Waals surface area (Å²) in [6.07, 6.45) is 4.69. The highest BCUT2D eigenvalue weighted by Crippen LogP contribution is 2.32. The lowest BCUT2D eigenvalue weighted by Gasteiger charge is -2.19. The molecule has 216 valence electrons. The number of aliphatic hydroxyl groups is 1. The number of hydrogen-bond donors (Lipinski definition) is 5. The molecular weight excluding hydrogens is 566 g/mol. The van der Waals surface area contributed by atoms with Crippen LogP contribution in [0.3, 0.4) is 0 Å². The number of amides is 3. The summed E-state index contributed by atoms with van der Waals surface area (Å²) in [5.74, 6) is -0.368. The number of anilines is 2. The van der Waals surface area contributed by atoms with Gasteiger partial charge in [0, 0.05) is 27.9 Å². The molecule has 5 N–H and O–H groups in total. The quantitative estimate of drug-likeness (QED) is 0.217. The molecule has 42 heavy (non-hydrogen) atoms. The summed E-state index contributed by atoms with van der Waals surface area (Å²) < 4.78 is 6.09. The van der Waals surface area contributed by atoms with E-state index in [9.17, 15) is 19.5 Å². The van der Waals surface area contributed by atoms with Gasteiger partial charge in [0.15, 0.2) is 0 Å². The van der Waals surface area contributed by atoms with Crippen LogP contribution in [0.25, 0.3) is 23.0 Å². The minimum absolute atomic E-state index is 0.164. The lowest BCUT2D eigenvalue weighted by Crippen LogP contribution is -2.29. The molecule has 4 aromatic rings. The highest BCUT2D eigenvalue weighted by Gasteiger charge is 2.23. The van der Waals surface area contributed by atoms with Gasteiger partial charge in [0.1, 0.15) is 12.2 Å². The minimum atomic E-state index is -0.973. The molecule has 5 rings (SSSR count). The van der Waals surface area contributed by atoms with Gasteiger partial charge in [-0.1, -0.05) is 11.6 Å². The van der Waals surface area contributed by atoms with Crippen LogP contribution in [0.1, 0.15) is 36.7 Å². The molecule has 15 heteroatoms. The maximum atomic E-state index is 13.1. The van der Waals surface area contributed by atoms with Gasteiger partial charge in [-0.15, -0.1) is 5.10 Å². The summed E-state index contributed by atoms with van der Waals surface area (Å²) in [4.78, 5) is 45.2. The van der Waals surface area contributed by atoms with E-state index in [1.807, 2.05) is 0 Å². The second kappa shape index (κ2) is 12.6. The molecule has 3 amide bonds. The number of carbonyl (C=O) groups excluding carboxylic acids is 3. The van der Waals surface area contributed by atoms with Gasteiger partial charge in [-0.3, -0.25) is 14.9 Å². The van der Waals surface area contributed by atoms with Crippen molar-refractivity contribution in [1.29, 1.82) is 0 Å². The molecule has 2 unspecified atom stereocenters. The first-order valence-electron chi connectivity index (χ1n) is 12.8. The van der Waals surface area contributed by atoms with Crippen LogP contribution in [0.2, 0.25) is 5.02 Å². The number of carbonyl (C=O) groups is 3.